The Morgan fingerprint density at radius 3 is 2.26 bits per heavy atom. The number of carbonyl (C=O) groups excluding carboxylic acids is 2. The Morgan fingerprint density at radius 1 is 1.13 bits per heavy atom. The van der Waals surface area contributed by atoms with Gasteiger partial charge in [0.25, 0.3) is 5.91 Å². The van der Waals surface area contributed by atoms with Crippen LogP contribution in [0.5, 0.6) is 5.75 Å². The Hall–Kier alpha value is -3.33. The highest BCUT2D eigenvalue weighted by atomic mass is 16.4. The van der Waals surface area contributed by atoms with Crippen LogP contribution >= 0.6 is 0 Å². The molecule has 0 radical (unpaired) electrons. The van der Waals surface area contributed by atoms with E-state index >= 15 is 0 Å². The number of carboxylic acid groups (broad SMARTS) is 1. The van der Waals surface area contributed by atoms with Crippen molar-refractivity contribution in [1.82, 2.24) is 5.32 Å². The lowest BCUT2D eigenvalue weighted by Gasteiger charge is -2.20. The Bertz CT molecular complexity index is 746. The van der Waals surface area contributed by atoms with E-state index in [0.717, 1.165) is 0 Å². The van der Waals surface area contributed by atoms with Gasteiger partial charge in [0, 0.05) is 5.56 Å². The third kappa shape index (κ3) is 4.32. The molecular formula is C17H13N2O4-. The van der Waals surface area contributed by atoms with E-state index in [-0.39, 0.29) is 17.7 Å². The monoisotopic (exact) mass is 309 g/mol. The molecule has 1 atom stereocenters. The molecule has 6 heteroatoms. The van der Waals surface area contributed by atoms with Gasteiger partial charge in [-0.3, -0.25) is 4.79 Å². The smallest absolute Gasteiger partial charge is 0.251 e. The van der Waals surface area contributed by atoms with Crippen molar-refractivity contribution >= 4 is 11.9 Å². The first kappa shape index (κ1) is 16.0. The minimum absolute atomic E-state index is 0.0324. The molecule has 0 saturated heterocycles. The van der Waals surface area contributed by atoms with Crippen molar-refractivity contribution < 1.29 is 19.8 Å². The molecule has 0 fully saturated rings. The zero-order valence-electron chi connectivity index (χ0n) is 12.0. The van der Waals surface area contributed by atoms with Crippen molar-refractivity contribution in [2.75, 3.05) is 0 Å². The van der Waals surface area contributed by atoms with E-state index in [4.69, 9.17) is 5.26 Å². The lowest BCUT2D eigenvalue weighted by molar-refractivity contribution is -0.308. The fourth-order valence-corrected chi connectivity index (χ4v) is 2.00. The summed E-state index contributed by atoms with van der Waals surface area (Å²) < 4.78 is 0. The van der Waals surface area contributed by atoms with E-state index in [0.29, 0.717) is 11.1 Å². The number of carbonyl (C=O) groups is 2. The predicted molar refractivity (Wildman–Crippen MR) is 79.2 cm³/mol. The molecule has 2 rings (SSSR count). The van der Waals surface area contributed by atoms with Crippen molar-refractivity contribution in [2.45, 2.75) is 12.5 Å². The van der Waals surface area contributed by atoms with Gasteiger partial charge in [-0.15, -0.1) is 0 Å². The summed E-state index contributed by atoms with van der Waals surface area (Å²) in [6.45, 7) is 0. The van der Waals surface area contributed by atoms with Crippen LogP contribution in [0.25, 0.3) is 0 Å². The number of nitrogens with zero attached hydrogens (tertiary/aromatic N) is 1. The van der Waals surface area contributed by atoms with E-state index in [1.54, 1.807) is 12.1 Å². The molecule has 0 unspecified atom stereocenters. The van der Waals surface area contributed by atoms with Crippen molar-refractivity contribution in [3.8, 4) is 11.8 Å². The fraction of sp³-hybridized carbons (Fsp3) is 0.118. The average molecular weight is 309 g/mol. The van der Waals surface area contributed by atoms with Gasteiger partial charge in [-0.2, -0.15) is 5.26 Å². The summed E-state index contributed by atoms with van der Waals surface area (Å²) in [6.07, 6.45) is 0.0324. The molecule has 0 aliphatic rings. The second kappa shape index (κ2) is 7.09. The molecule has 2 aromatic rings. The molecule has 0 aliphatic heterocycles. The lowest BCUT2D eigenvalue weighted by Crippen LogP contribution is -2.49. The molecule has 2 N–H and O–H groups in total. The van der Waals surface area contributed by atoms with E-state index < -0.39 is 17.9 Å². The molecule has 6 nitrogen and oxygen atoms in total. The molecule has 23 heavy (non-hydrogen) atoms. The summed E-state index contributed by atoms with van der Waals surface area (Å²) in [4.78, 5) is 23.3. The summed E-state index contributed by atoms with van der Waals surface area (Å²) in [5.74, 6) is -1.90. The number of phenols is 1. The predicted octanol–water partition coefficient (Wildman–Crippen LogP) is 0.355. The van der Waals surface area contributed by atoms with Crippen LogP contribution in [0.4, 0.5) is 0 Å². The number of amides is 1. The molecule has 2 aromatic carbocycles. The molecule has 0 aliphatic carbocycles. The number of benzene rings is 2. The highest BCUT2D eigenvalue weighted by Crippen LogP contribution is 2.12. The van der Waals surface area contributed by atoms with E-state index in [1.807, 2.05) is 6.07 Å². The van der Waals surface area contributed by atoms with Crippen molar-refractivity contribution in [3.63, 3.8) is 0 Å². The summed E-state index contributed by atoms with van der Waals surface area (Å²) in [5.41, 5.74) is 1.29. The Balaban J connectivity index is 2.09. The van der Waals surface area contributed by atoms with Gasteiger partial charge < -0.3 is 20.3 Å². The molecule has 116 valence electrons. The average Bonchev–Trinajstić information content (AvgIpc) is 2.56. The van der Waals surface area contributed by atoms with Crippen LogP contribution in [-0.4, -0.2) is 23.0 Å². The lowest BCUT2D eigenvalue weighted by atomic mass is 10.0. The van der Waals surface area contributed by atoms with Crippen molar-refractivity contribution in [1.29, 1.82) is 5.26 Å². The molecule has 0 saturated carbocycles. The standard InChI is InChI=1S/C17H14N2O4/c18-10-12-1-5-13(6-2-12)16(21)19-15(17(22)23)9-11-3-7-14(20)8-4-11/h1-8,15,20H,9H2,(H,19,21)(H,22,23)/p-1/t15-/m0/s1. The van der Waals surface area contributed by atoms with Crippen molar-refractivity contribution in [3.05, 3.63) is 65.2 Å². The van der Waals surface area contributed by atoms with Gasteiger partial charge in [0.1, 0.15) is 5.75 Å². The fourth-order valence-electron chi connectivity index (χ4n) is 2.00. The number of phenolic OH excluding ortho intramolecular Hbond substituents is 1. The van der Waals surface area contributed by atoms with Gasteiger partial charge >= 0.3 is 0 Å². The van der Waals surface area contributed by atoms with Gasteiger partial charge in [-0.25, -0.2) is 0 Å². The van der Waals surface area contributed by atoms with Gasteiger partial charge in [0.05, 0.1) is 23.6 Å². The minimum atomic E-state index is -1.40. The molecular weight excluding hydrogens is 296 g/mol. The van der Waals surface area contributed by atoms with E-state index in [9.17, 15) is 19.8 Å². The van der Waals surface area contributed by atoms with Crippen LogP contribution in [0.2, 0.25) is 0 Å². The number of hydrogen-bond acceptors (Lipinski definition) is 5. The maximum absolute atomic E-state index is 12.1. The third-order valence-corrected chi connectivity index (χ3v) is 3.24. The van der Waals surface area contributed by atoms with Gasteiger partial charge in [-0.05, 0) is 48.4 Å². The largest absolute Gasteiger partial charge is 0.548 e. The number of aliphatic carboxylic acids is 1. The highest BCUT2D eigenvalue weighted by Gasteiger charge is 2.15. The molecule has 0 bridgehead atoms. The normalized spacial score (nSPS) is 11.3. The Morgan fingerprint density at radius 2 is 1.74 bits per heavy atom. The van der Waals surface area contributed by atoms with Gasteiger partial charge in [-0.1, -0.05) is 12.1 Å². The van der Waals surface area contributed by atoms with Crippen LogP contribution in [-0.2, 0) is 11.2 Å². The number of carboxylic acids is 1. The maximum Gasteiger partial charge on any atom is 0.251 e. The minimum Gasteiger partial charge on any atom is -0.548 e. The topological polar surface area (TPSA) is 113 Å². The van der Waals surface area contributed by atoms with E-state index in [2.05, 4.69) is 5.32 Å². The van der Waals surface area contributed by atoms with Crippen LogP contribution in [0.1, 0.15) is 21.5 Å². The summed E-state index contributed by atoms with van der Waals surface area (Å²) >= 11 is 0. The first-order valence-corrected chi connectivity index (χ1v) is 6.79. The van der Waals surface area contributed by atoms with Gasteiger partial charge in [0.2, 0.25) is 0 Å². The summed E-state index contributed by atoms with van der Waals surface area (Å²) in [6, 6.07) is 12.6. The molecule has 0 aromatic heterocycles. The molecule has 0 heterocycles. The quantitative estimate of drug-likeness (QED) is 0.827. The molecule has 1 amide bonds. The Kier molecular flexibility index (Phi) is 4.95. The number of aromatic hydroxyl groups is 1. The summed E-state index contributed by atoms with van der Waals surface area (Å²) in [7, 11) is 0. The van der Waals surface area contributed by atoms with Crippen LogP contribution in [0.3, 0.4) is 0 Å². The van der Waals surface area contributed by atoms with Crippen molar-refractivity contribution in [2.24, 2.45) is 0 Å². The zero-order valence-corrected chi connectivity index (χ0v) is 12.0. The first-order valence-electron chi connectivity index (χ1n) is 6.79. The number of nitriles is 1. The SMILES string of the molecule is N#Cc1ccc(C(=O)N[C@@H](Cc2ccc(O)cc2)C(=O)[O-])cc1. The highest BCUT2D eigenvalue weighted by molar-refractivity contribution is 5.96. The van der Waals surface area contributed by atoms with Gasteiger partial charge in [0.15, 0.2) is 0 Å². The van der Waals surface area contributed by atoms with Crippen LogP contribution in [0, 0.1) is 11.3 Å². The summed E-state index contributed by atoms with van der Waals surface area (Å²) in [5, 5.41) is 31.5. The maximum atomic E-state index is 12.1. The first-order chi connectivity index (χ1) is 11.0. The second-order valence-corrected chi connectivity index (χ2v) is 4.90. The second-order valence-electron chi connectivity index (χ2n) is 4.90. The van der Waals surface area contributed by atoms with Crippen LogP contribution in [0.15, 0.2) is 48.5 Å². The Labute approximate surface area is 132 Å². The number of rotatable bonds is 5. The third-order valence-electron chi connectivity index (χ3n) is 3.24. The number of nitrogens with one attached hydrogen (secondary N) is 1. The molecule has 0 spiro atoms. The zero-order chi connectivity index (χ0) is 16.8. The van der Waals surface area contributed by atoms with Crippen LogP contribution < -0.4 is 10.4 Å². The number of hydrogen-bond donors (Lipinski definition) is 2. The van der Waals surface area contributed by atoms with E-state index in [1.165, 1.54) is 36.4 Å².